The number of hydrogen-bond acceptors (Lipinski definition) is 4. The zero-order valence-corrected chi connectivity index (χ0v) is 18.1. The fourth-order valence-electron chi connectivity index (χ4n) is 3.30. The summed E-state index contributed by atoms with van der Waals surface area (Å²) in [5.74, 6) is 1.07. The summed E-state index contributed by atoms with van der Waals surface area (Å²) in [7, 11) is 0. The molecule has 1 heterocycles. The van der Waals surface area contributed by atoms with Gasteiger partial charge >= 0.3 is 0 Å². The first-order valence-electron chi connectivity index (χ1n) is 10.2. The molecule has 1 amide bonds. The number of piperidine rings is 1. The fraction of sp³-hybridized carbons (Fsp3) is 0.391. The number of thiocarbonyl (C=S) groups is 1. The molecule has 160 valence electrons. The number of ether oxygens (including phenoxy) is 2. The number of rotatable bonds is 7. The highest BCUT2D eigenvalue weighted by molar-refractivity contribution is 7.80. The monoisotopic (exact) mass is 430 g/mol. The minimum Gasteiger partial charge on any atom is -0.490 e. The Morgan fingerprint density at radius 1 is 1.13 bits per heavy atom. The SMILES string of the molecule is CCOc1cc(C(=S)N2CCC(C)CC2)ccc1OCC(=O)Nc1ccc(F)cc1. The van der Waals surface area contributed by atoms with Gasteiger partial charge < -0.3 is 19.7 Å². The average Bonchev–Trinajstić information content (AvgIpc) is 2.75. The number of anilines is 1. The molecule has 0 radical (unpaired) electrons. The van der Waals surface area contributed by atoms with Gasteiger partial charge in [-0.25, -0.2) is 4.39 Å². The van der Waals surface area contributed by atoms with Crippen molar-refractivity contribution < 1.29 is 18.7 Å². The normalized spacial score (nSPS) is 14.3. The van der Waals surface area contributed by atoms with Gasteiger partial charge in [0.05, 0.1) is 6.61 Å². The first kappa shape index (κ1) is 22.0. The third-order valence-corrected chi connectivity index (χ3v) is 5.54. The zero-order valence-electron chi connectivity index (χ0n) is 17.3. The van der Waals surface area contributed by atoms with Crippen molar-refractivity contribution in [1.29, 1.82) is 0 Å². The molecule has 30 heavy (non-hydrogen) atoms. The molecule has 0 aliphatic carbocycles. The molecule has 2 aromatic rings. The molecule has 0 atom stereocenters. The van der Waals surface area contributed by atoms with Crippen LogP contribution in [0.2, 0.25) is 0 Å². The van der Waals surface area contributed by atoms with Crippen LogP contribution in [0.3, 0.4) is 0 Å². The number of nitrogens with zero attached hydrogens (tertiary/aromatic N) is 1. The van der Waals surface area contributed by atoms with E-state index in [2.05, 4.69) is 17.1 Å². The van der Waals surface area contributed by atoms with E-state index in [-0.39, 0.29) is 18.3 Å². The largest absolute Gasteiger partial charge is 0.490 e. The first-order valence-corrected chi connectivity index (χ1v) is 10.6. The smallest absolute Gasteiger partial charge is 0.262 e. The van der Waals surface area contributed by atoms with Crippen molar-refractivity contribution in [3.63, 3.8) is 0 Å². The van der Waals surface area contributed by atoms with E-state index in [0.717, 1.165) is 42.4 Å². The highest BCUT2D eigenvalue weighted by Gasteiger charge is 2.20. The van der Waals surface area contributed by atoms with Gasteiger partial charge in [0.25, 0.3) is 5.91 Å². The molecule has 0 bridgehead atoms. The molecule has 1 aliphatic heterocycles. The van der Waals surface area contributed by atoms with E-state index in [1.807, 2.05) is 19.1 Å². The van der Waals surface area contributed by atoms with E-state index >= 15 is 0 Å². The Hall–Kier alpha value is -2.67. The minimum atomic E-state index is -0.359. The van der Waals surface area contributed by atoms with Crippen LogP contribution in [0, 0.1) is 11.7 Å². The Labute approximate surface area is 182 Å². The van der Waals surface area contributed by atoms with E-state index in [9.17, 15) is 9.18 Å². The Morgan fingerprint density at radius 3 is 2.50 bits per heavy atom. The van der Waals surface area contributed by atoms with Gasteiger partial charge in [-0.15, -0.1) is 0 Å². The van der Waals surface area contributed by atoms with Gasteiger partial charge in [0, 0.05) is 24.3 Å². The van der Waals surface area contributed by atoms with Crippen molar-refractivity contribution in [2.75, 3.05) is 31.6 Å². The zero-order chi connectivity index (χ0) is 21.5. The Bertz CT molecular complexity index is 881. The highest BCUT2D eigenvalue weighted by atomic mass is 32.1. The van der Waals surface area contributed by atoms with Crippen LogP contribution in [0.25, 0.3) is 0 Å². The molecule has 0 aromatic heterocycles. The maximum atomic E-state index is 13.0. The third kappa shape index (κ3) is 5.92. The number of amides is 1. The molecular formula is C23H27FN2O3S. The lowest BCUT2D eigenvalue weighted by Crippen LogP contribution is -2.37. The second kappa shape index (κ2) is 10.4. The quantitative estimate of drug-likeness (QED) is 0.648. The van der Waals surface area contributed by atoms with Gasteiger partial charge in [-0.3, -0.25) is 4.79 Å². The summed E-state index contributed by atoms with van der Waals surface area (Å²) in [5.41, 5.74) is 1.41. The van der Waals surface area contributed by atoms with E-state index in [1.54, 1.807) is 6.07 Å². The Balaban J connectivity index is 1.63. The van der Waals surface area contributed by atoms with E-state index in [4.69, 9.17) is 21.7 Å². The molecule has 1 N–H and O–H groups in total. The van der Waals surface area contributed by atoms with Crippen LogP contribution in [-0.2, 0) is 4.79 Å². The summed E-state index contributed by atoms with van der Waals surface area (Å²) in [6.07, 6.45) is 2.28. The number of likely N-dealkylation sites (tertiary alicyclic amines) is 1. The summed E-state index contributed by atoms with van der Waals surface area (Å²) in [5, 5.41) is 2.67. The van der Waals surface area contributed by atoms with Crippen LogP contribution in [0.15, 0.2) is 42.5 Å². The number of hydrogen-bond donors (Lipinski definition) is 1. The summed E-state index contributed by atoms with van der Waals surface area (Å²) in [6, 6.07) is 11.1. The first-order chi connectivity index (χ1) is 14.5. The summed E-state index contributed by atoms with van der Waals surface area (Å²) < 4.78 is 24.4. The molecule has 0 unspecified atom stereocenters. The van der Waals surface area contributed by atoms with Crippen molar-refractivity contribution in [2.45, 2.75) is 26.7 Å². The molecule has 5 nitrogen and oxygen atoms in total. The molecule has 3 rings (SSSR count). The lowest BCUT2D eigenvalue weighted by atomic mass is 9.99. The lowest BCUT2D eigenvalue weighted by molar-refractivity contribution is -0.118. The number of carbonyl (C=O) groups is 1. The van der Waals surface area contributed by atoms with Crippen LogP contribution in [0.1, 0.15) is 32.3 Å². The summed E-state index contributed by atoms with van der Waals surface area (Å²) in [4.78, 5) is 15.2. The van der Waals surface area contributed by atoms with Gasteiger partial charge in [-0.05, 0) is 68.1 Å². The second-order valence-corrected chi connectivity index (χ2v) is 7.80. The molecule has 1 fully saturated rings. The standard InChI is InChI=1S/C23H27FN2O3S/c1-3-28-21-14-17(23(30)26-12-10-16(2)11-13-26)4-9-20(21)29-15-22(27)25-19-7-5-18(24)6-8-19/h4-9,14,16H,3,10-13,15H2,1-2H3,(H,25,27). The van der Waals surface area contributed by atoms with Crippen molar-refractivity contribution in [3.8, 4) is 11.5 Å². The van der Waals surface area contributed by atoms with Crippen LogP contribution in [0.4, 0.5) is 10.1 Å². The molecule has 1 saturated heterocycles. The lowest BCUT2D eigenvalue weighted by Gasteiger charge is -2.32. The topological polar surface area (TPSA) is 50.8 Å². The van der Waals surface area contributed by atoms with E-state index in [0.29, 0.717) is 23.8 Å². The van der Waals surface area contributed by atoms with Crippen LogP contribution < -0.4 is 14.8 Å². The summed E-state index contributed by atoms with van der Waals surface area (Å²) >= 11 is 5.69. The van der Waals surface area contributed by atoms with Crippen LogP contribution in [-0.4, -0.2) is 42.1 Å². The maximum absolute atomic E-state index is 13.0. The average molecular weight is 431 g/mol. The minimum absolute atomic E-state index is 0.189. The van der Waals surface area contributed by atoms with Gasteiger partial charge in [-0.2, -0.15) is 0 Å². The van der Waals surface area contributed by atoms with Crippen molar-refractivity contribution in [3.05, 3.63) is 53.8 Å². The van der Waals surface area contributed by atoms with E-state index in [1.165, 1.54) is 24.3 Å². The van der Waals surface area contributed by atoms with E-state index < -0.39 is 0 Å². The van der Waals surface area contributed by atoms with Crippen molar-refractivity contribution in [1.82, 2.24) is 4.90 Å². The fourth-order valence-corrected chi connectivity index (χ4v) is 3.61. The maximum Gasteiger partial charge on any atom is 0.262 e. The van der Waals surface area contributed by atoms with Gasteiger partial charge in [0.2, 0.25) is 0 Å². The van der Waals surface area contributed by atoms with Gasteiger partial charge in [-0.1, -0.05) is 19.1 Å². The Kier molecular flexibility index (Phi) is 7.63. The molecule has 0 saturated carbocycles. The van der Waals surface area contributed by atoms with Crippen LogP contribution >= 0.6 is 12.2 Å². The molecule has 7 heteroatoms. The highest BCUT2D eigenvalue weighted by Crippen LogP contribution is 2.30. The molecule has 1 aliphatic rings. The predicted molar refractivity (Wildman–Crippen MR) is 120 cm³/mol. The van der Waals surface area contributed by atoms with Gasteiger partial charge in [0.15, 0.2) is 18.1 Å². The van der Waals surface area contributed by atoms with Gasteiger partial charge in [0.1, 0.15) is 10.8 Å². The predicted octanol–water partition coefficient (Wildman–Crippen LogP) is 4.65. The van der Waals surface area contributed by atoms with Crippen molar-refractivity contribution in [2.24, 2.45) is 5.92 Å². The summed E-state index contributed by atoms with van der Waals surface area (Å²) in [6.45, 7) is 6.37. The number of halogens is 1. The number of nitrogens with one attached hydrogen (secondary N) is 1. The molecule has 2 aromatic carbocycles. The van der Waals surface area contributed by atoms with Crippen molar-refractivity contribution >= 4 is 28.8 Å². The number of benzene rings is 2. The Morgan fingerprint density at radius 2 is 1.83 bits per heavy atom. The number of carbonyl (C=O) groups excluding carboxylic acids is 1. The second-order valence-electron chi connectivity index (χ2n) is 7.41. The molecule has 0 spiro atoms. The third-order valence-electron chi connectivity index (χ3n) is 5.05. The van der Waals surface area contributed by atoms with Crippen LogP contribution in [0.5, 0.6) is 11.5 Å². The molecular weight excluding hydrogens is 403 g/mol.